The van der Waals surface area contributed by atoms with Crippen molar-refractivity contribution < 1.29 is 0 Å². The first kappa shape index (κ1) is 12.4. The van der Waals surface area contributed by atoms with E-state index in [1.54, 1.807) is 0 Å². The summed E-state index contributed by atoms with van der Waals surface area (Å²) in [4.78, 5) is 2.46. The molecule has 2 atom stereocenters. The van der Waals surface area contributed by atoms with E-state index in [1.165, 1.54) is 58.2 Å². The third kappa shape index (κ3) is 3.46. The Balaban J connectivity index is 1.61. The Morgan fingerprint density at radius 1 is 1.19 bits per heavy atom. The largest absolute Gasteiger partial charge is 0.314 e. The molecule has 1 aliphatic carbocycles. The van der Waals surface area contributed by atoms with Crippen LogP contribution in [0, 0.1) is 11.8 Å². The summed E-state index contributed by atoms with van der Waals surface area (Å²) < 4.78 is 0. The van der Waals surface area contributed by atoms with Gasteiger partial charge in [0, 0.05) is 12.6 Å². The first-order chi connectivity index (χ1) is 7.75. The molecule has 0 bridgehead atoms. The molecule has 2 nitrogen and oxygen atoms in total. The number of hydrogen-bond acceptors (Lipinski definition) is 2. The summed E-state index contributed by atoms with van der Waals surface area (Å²) in [6, 6.07) is 0.776. The van der Waals surface area contributed by atoms with Gasteiger partial charge in [0.05, 0.1) is 0 Å². The van der Waals surface area contributed by atoms with E-state index in [0.29, 0.717) is 0 Å². The fourth-order valence-corrected chi connectivity index (χ4v) is 3.43. The molecule has 0 aromatic carbocycles. The minimum Gasteiger partial charge on any atom is -0.314 e. The van der Waals surface area contributed by atoms with Crippen LogP contribution in [-0.2, 0) is 0 Å². The SMILES string of the molecule is CC1CN(C)CCC1NCCC1CCCC1. The van der Waals surface area contributed by atoms with E-state index in [0.717, 1.165) is 17.9 Å². The molecule has 0 aromatic rings. The highest BCUT2D eigenvalue weighted by molar-refractivity contribution is 4.81. The van der Waals surface area contributed by atoms with E-state index in [9.17, 15) is 0 Å². The number of likely N-dealkylation sites (tertiary alicyclic amines) is 1. The normalized spacial score (nSPS) is 33.4. The zero-order valence-corrected chi connectivity index (χ0v) is 11.0. The van der Waals surface area contributed by atoms with Crippen molar-refractivity contribution in [3.05, 3.63) is 0 Å². The monoisotopic (exact) mass is 224 g/mol. The maximum absolute atomic E-state index is 3.79. The summed E-state index contributed by atoms with van der Waals surface area (Å²) in [6.45, 7) is 6.18. The molecule has 2 unspecified atom stereocenters. The van der Waals surface area contributed by atoms with Gasteiger partial charge in [-0.25, -0.2) is 0 Å². The second kappa shape index (κ2) is 6.02. The zero-order valence-electron chi connectivity index (χ0n) is 11.0. The van der Waals surface area contributed by atoms with Crippen LogP contribution in [0.3, 0.4) is 0 Å². The summed E-state index contributed by atoms with van der Waals surface area (Å²) in [6.07, 6.45) is 8.70. The van der Waals surface area contributed by atoms with Gasteiger partial charge in [0.15, 0.2) is 0 Å². The van der Waals surface area contributed by atoms with E-state index >= 15 is 0 Å². The molecule has 2 aliphatic rings. The van der Waals surface area contributed by atoms with Crippen molar-refractivity contribution in [1.29, 1.82) is 0 Å². The summed E-state index contributed by atoms with van der Waals surface area (Å²) in [7, 11) is 2.24. The molecule has 0 aromatic heterocycles. The van der Waals surface area contributed by atoms with Crippen LogP contribution in [0.1, 0.15) is 45.4 Å². The van der Waals surface area contributed by atoms with Gasteiger partial charge >= 0.3 is 0 Å². The number of nitrogens with zero attached hydrogens (tertiary/aromatic N) is 1. The van der Waals surface area contributed by atoms with Gasteiger partial charge in [-0.05, 0) is 44.8 Å². The van der Waals surface area contributed by atoms with Crippen molar-refractivity contribution >= 4 is 0 Å². The van der Waals surface area contributed by atoms with Gasteiger partial charge < -0.3 is 10.2 Å². The minimum absolute atomic E-state index is 0.776. The molecule has 0 spiro atoms. The van der Waals surface area contributed by atoms with Crippen LogP contribution in [0.2, 0.25) is 0 Å². The molecule has 16 heavy (non-hydrogen) atoms. The number of rotatable bonds is 4. The van der Waals surface area contributed by atoms with E-state index in [4.69, 9.17) is 0 Å². The van der Waals surface area contributed by atoms with Crippen LogP contribution in [0.25, 0.3) is 0 Å². The lowest BCUT2D eigenvalue weighted by atomic mass is 9.93. The Morgan fingerprint density at radius 3 is 2.62 bits per heavy atom. The fraction of sp³-hybridized carbons (Fsp3) is 1.00. The molecule has 0 amide bonds. The molecular weight excluding hydrogens is 196 g/mol. The van der Waals surface area contributed by atoms with Crippen LogP contribution in [0.4, 0.5) is 0 Å². The van der Waals surface area contributed by atoms with E-state index in [2.05, 4.69) is 24.2 Å². The molecule has 94 valence electrons. The molecular formula is C14H28N2. The average Bonchev–Trinajstić information content (AvgIpc) is 2.74. The zero-order chi connectivity index (χ0) is 11.4. The smallest absolute Gasteiger partial charge is 0.0117 e. The Hall–Kier alpha value is -0.0800. The second-order valence-corrected chi connectivity index (χ2v) is 6.03. The van der Waals surface area contributed by atoms with Gasteiger partial charge in [-0.15, -0.1) is 0 Å². The molecule has 2 fully saturated rings. The summed E-state index contributed by atoms with van der Waals surface area (Å²) in [5.41, 5.74) is 0. The number of nitrogens with one attached hydrogen (secondary N) is 1. The standard InChI is InChI=1S/C14H28N2/c1-12-11-16(2)10-8-14(12)15-9-7-13-5-3-4-6-13/h12-15H,3-11H2,1-2H3. The molecule has 2 rings (SSSR count). The maximum Gasteiger partial charge on any atom is 0.0117 e. The van der Waals surface area contributed by atoms with Crippen molar-refractivity contribution in [2.24, 2.45) is 11.8 Å². The molecule has 1 saturated heterocycles. The van der Waals surface area contributed by atoms with Crippen molar-refractivity contribution in [3.63, 3.8) is 0 Å². The van der Waals surface area contributed by atoms with Gasteiger partial charge in [0.1, 0.15) is 0 Å². The van der Waals surface area contributed by atoms with Crippen molar-refractivity contribution in [2.45, 2.75) is 51.5 Å². The third-order valence-electron chi connectivity index (χ3n) is 4.54. The third-order valence-corrected chi connectivity index (χ3v) is 4.54. The van der Waals surface area contributed by atoms with Gasteiger partial charge in [-0.1, -0.05) is 32.6 Å². The van der Waals surface area contributed by atoms with Gasteiger partial charge in [0.2, 0.25) is 0 Å². The Labute approximate surface area is 101 Å². The van der Waals surface area contributed by atoms with E-state index in [1.807, 2.05) is 0 Å². The predicted molar refractivity (Wildman–Crippen MR) is 69.6 cm³/mol. The molecule has 1 saturated carbocycles. The first-order valence-electron chi connectivity index (χ1n) is 7.17. The highest BCUT2D eigenvalue weighted by Gasteiger charge is 2.23. The van der Waals surface area contributed by atoms with Crippen LogP contribution >= 0.6 is 0 Å². The summed E-state index contributed by atoms with van der Waals surface area (Å²) in [5, 5.41) is 3.79. The molecule has 0 radical (unpaired) electrons. The Morgan fingerprint density at radius 2 is 1.94 bits per heavy atom. The molecule has 1 N–H and O–H groups in total. The average molecular weight is 224 g/mol. The van der Waals surface area contributed by atoms with Gasteiger partial charge in [-0.3, -0.25) is 0 Å². The predicted octanol–water partition coefficient (Wildman–Crippen LogP) is 2.50. The summed E-state index contributed by atoms with van der Waals surface area (Å²) >= 11 is 0. The first-order valence-corrected chi connectivity index (χ1v) is 7.17. The lowest BCUT2D eigenvalue weighted by Crippen LogP contribution is -2.47. The van der Waals surface area contributed by atoms with E-state index in [-0.39, 0.29) is 0 Å². The lowest BCUT2D eigenvalue weighted by molar-refractivity contribution is 0.174. The van der Waals surface area contributed by atoms with Crippen LogP contribution in [-0.4, -0.2) is 37.6 Å². The van der Waals surface area contributed by atoms with Crippen LogP contribution < -0.4 is 5.32 Å². The molecule has 1 aliphatic heterocycles. The Kier molecular flexibility index (Phi) is 4.66. The van der Waals surface area contributed by atoms with Crippen molar-refractivity contribution in [1.82, 2.24) is 10.2 Å². The molecule has 2 heteroatoms. The van der Waals surface area contributed by atoms with E-state index < -0.39 is 0 Å². The lowest BCUT2D eigenvalue weighted by Gasteiger charge is -2.35. The van der Waals surface area contributed by atoms with Crippen molar-refractivity contribution in [3.8, 4) is 0 Å². The highest BCUT2D eigenvalue weighted by Crippen LogP contribution is 2.27. The molecule has 1 heterocycles. The number of piperidine rings is 1. The fourth-order valence-electron chi connectivity index (χ4n) is 3.43. The maximum atomic E-state index is 3.79. The quantitative estimate of drug-likeness (QED) is 0.789. The van der Waals surface area contributed by atoms with Crippen LogP contribution in [0.5, 0.6) is 0 Å². The Bertz CT molecular complexity index is 199. The van der Waals surface area contributed by atoms with Crippen LogP contribution in [0.15, 0.2) is 0 Å². The number of hydrogen-bond donors (Lipinski definition) is 1. The highest BCUT2D eigenvalue weighted by atomic mass is 15.1. The minimum atomic E-state index is 0.776. The van der Waals surface area contributed by atoms with Gasteiger partial charge in [-0.2, -0.15) is 0 Å². The van der Waals surface area contributed by atoms with Crippen molar-refractivity contribution in [2.75, 3.05) is 26.7 Å². The van der Waals surface area contributed by atoms with Gasteiger partial charge in [0.25, 0.3) is 0 Å². The summed E-state index contributed by atoms with van der Waals surface area (Å²) in [5.74, 6) is 1.86. The second-order valence-electron chi connectivity index (χ2n) is 6.03. The topological polar surface area (TPSA) is 15.3 Å².